The lowest BCUT2D eigenvalue weighted by Crippen LogP contribution is -2.23. The first-order valence-electron chi connectivity index (χ1n) is 4.43. The molecule has 0 unspecified atom stereocenters. The minimum Gasteiger partial charge on any atom is -0.307 e. The first-order valence-corrected chi connectivity index (χ1v) is 5.30. The number of amides is 1. The Balaban J connectivity index is 3.04. The second-order valence-corrected chi connectivity index (χ2v) is 3.89. The van der Waals surface area contributed by atoms with Gasteiger partial charge in [0.15, 0.2) is 5.78 Å². The van der Waals surface area contributed by atoms with Crippen LogP contribution in [-0.4, -0.2) is 18.7 Å². The monoisotopic (exact) mass is 211 g/mol. The molecule has 1 aromatic rings. The first-order chi connectivity index (χ1) is 6.57. The van der Waals surface area contributed by atoms with E-state index in [1.165, 1.54) is 23.2 Å². The Morgan fingerprint density at radius 3 is 2.64 bits per heavy atom. The lowest BCUT2D eigenvalue weighted by Gasteiger charge is -2.13. The molecular weight excluding hydrogens is 198 g/mol. The number of Topliss-reactive ketones (excluding diaryl/α,β-unsaturated/α-hetero) is 1. The van der Waals surface area contributed by atoms with E-state index in [2.05, 4.69) is 0 Å². The molecule has 0 fully saturated rings. The number of ketones is 1. The zero-order valence-corrected chi connectivity index (χ0v) is 9.35. The molecule has 3 nitrogen and oxygen atoms in total. The molecule has 1 heterocycles. The topological polar surface area (TPSA) is 37.4 Å². The third-order valence-electron chi connectivity index (χ3n) is 2.04. The quantitative estimate of drug-likeness (QED) is 0.719. The normalized spacial score (nSPS) is 9.93. The molecule has 0 aliphatic rings. The van der Waals surface area contributed by atoms with Crippen molar-refractivity contribution in [3.63, 3.8) is 0 Å². The molecule has 0 saturated heterocycles. The maximum Gasteiger partial charge on any atom is 0.224 e. The summed E-state index contributed by atoms with van der Waals surface area (Å²) >= 11 is 1.41. The van der Waals surface area contributed by atoms with Gasteiger partial charge in [-0.25, -0.2) is 0 Å². The van der Waals surface area contributed by atoms with Gasteiger partial charge in [-0.3, -0.25) is 9.59 Å². The van der Waals surface area contributed by atoms with Crippen LogP contribution in [-0.2, 0) is 4.79 Å². The van der Waals surface area contributed by atoms with Crippen molar-refractivity contribution < 1.29 is 9.59 Å². The zero-order valence-electron chi connectivity index (χ0n) is 8.53. The van der Waals surface area contributed by atoms with Crippen molar-refractivity contribution in [2.75, 3.05) is 11.9 Å². The fraction of sp³-hybridized carbons (Fsp3) is 0.400. The molecule has 4 heteroatoms. The summed E-state index contributed by atoms with van der Waals surface area (Å²) in [6, 6.07) is 1.77. The highest BCUT2D eigenvalue weighted by Gasteiger charge is 2.16. The molecule has 0 bridgehead atoms. The van der Waals surface area contributed by atoms with Crippen LogP contribution in [0.25, 0.3) is 0 Å². The molecule has 1 rings (SSSR count). The van der Waals surface area contributed by atoms with Gasteiger partial charge in [-0.1, -0.05) is 6.92 Å². The van der Waals surface area contributed by atoms with E-state index in [9.17, 15) is 9.59 Å². The number of hydrogen-bond donors (Lipinski definition) is 0. The number of thiophene rings is 1. The Labute approximate surface area is 87.3 Å². The SMILES string of the molecule is CCC(=O)c1ccsc1N(C)C(C)=O. The van der Waals surface area contributed by atoms with E-state index in [0.29, 0.717) is 12.0 Å². The molecule has 0 saturated carbocycles. The van der Waals surface area contributed by atoms with Crippen LogP contribution in [0.4, 0.5) is 5.00 Å². The molecule has 1 amide bonds. The van der Waals surface area contributed by atoms with Gasteiger partial charge in [-0.05, 0) is 11.4 Å². The van der Waals surface area contributed by atoms with Crippen LogP contribution in [0, 0.1) is 0 Å². The molecule has 0 spiro atoms. The van der Waals surface area contributed by atoms with E-state index < -0.39 is 0 Å². The molecule has 1 aromatic heterocycles. The predicted octanol–water partition coefficient (Wildman–Crippen LogP) is 2.32. The summed E-state index contributed by atoms with van der Waals surface area (Å²) in [5, 5.41) is 2.57. The van der Waals surface area contributed by atoms with E-state index in [1.54, 1.807) is 13.1 Å². The molecule has 0 aromatic carbocycles. The minimum atomic E-state index is -0.0578. The molecule has 0 aliphatic heterocycles. The van der Waals surface area contributed by atoms with Gasteiger partial charge in [0.05, 0.1) is 5.56 Å². The molecule has 0 aliphatic carbocycles. The fourth-order valence-electron chi connectivity index (χ4n) is 1.11. The Morgan fingerprint density at radius 1 is 1.50 bits per heavy atom. The van der Waals surface area contributed by atoms with Crippen molar-refractivity contribution >= 4 is 28.0 Å². The summed E-state index contributed by atoms with van der Waals surface area (Å²) in [7, 11) is 1.68. The van der Waals surface area contributed by atoms with E-state index >= 15 is 0 Å². The predicted molar refractivity (Wildman–Crippen MR) is 58.0 cm³/mol. The van der Waals surface area contributed by atoms with Crippen molar-refractivity contribution in [3.05, 3.63) is 17.0 Å². The maximum atomic E-state index is 11.5. The van der Waals surface area contributed by atoms with E-state index in [4.69, 9.17) is 0 Å². The van der Waals surface area contributed by atoms with Crippen LogP contribution >= 0.6 is 11.3 Å². The number of carbonyl (C=O) groups is 2. The van der Waals surface area contributed by atoms with Crippen LogP contribution in [0.1, 0.15) is 30.6 Å². The van der Waals surface area contributed by atoms with Crippen molar-refractivity contribution in [2.45, 2.75) is 20.3 Å². The minimum absolute atomic E-state index is 0.0578. The first kappa shape index (κ1) is 10.9. The molecule has 14 heavy (non-hydrogen) atoms. The molecule has 76 valence electrons. The summed E-state index contributed by atoms with van der Waals surface area (Å²) in [5.41, 5.74) is 0.648. The summed E-state index contributed by atoms with van der Waals surface area (Å²) < 4.78 is 0. The van der Waals surface area contributed by atoms with Gasteiger partial charge in [0.25, 0.3) is 0 Å². The summed E-state index contributed by atoms with van der Waals surface area (Å²) in [6.45, 7) is 3.30. The second-order valence-electron chi connectivity index (χ2n) is 2.99. The van der Waals surface area contributed by atoms with Crippen LogP contribution in [0.3, 0.4) is 0 Å². The van der Waals surface area contributed by atoms with Crippen LogP contribution in [0.15, 0.2) is 11.4 Å². The van der Waals surface area contributed by atoms with E-state index in [0.717, 1.165) is 5.00 Å². The largest absolute Gasteiger partial charge is 0.307 e. The average molecular weight is 211 g/mol. The summed E-state index contributed by atoms with van der Waals surface area (Å²) in [4.78, 5) is 24.1. The third-order valence-corrected chi connectivity index (χ3v) is 3.03. The van der Waals surface area contributed by atoms with Crippen LogP contribution < -0.4 is 4.90 Å². The Bertz CT molecular complexity index is 357. The molecule has 0 radical (unpaired) electrons. The van der Waals surface area contributed by atoms with Crippen molar-refractivity contribution in [1.29, 1.82) is 0 Å². The highest BCUT2D eigenvalue weighted by Crippen LogP contribution is 2.27. The average Bonchev–Trinajstić information content (AvgIpc) is 2.63. The smallest absolute Gasteiger partial charge is 0.224 e. The number of nitrogens with zero attached hydrogens (tertiary/aromatic N) is 1. The van der Waals surface area contributed by atoms with Gasteiger partial charge in [0.1, 0.15) is 5.00 Å². The summed E-state index contributed by atoms with van der Waals surface area (Å²) in [6.07, 6.45) is 0.468. The van der Waals surface area contributed by atoms with Crippen LogP contribution in [0.5, 0.6) is 0 Å². The van der Waals surface area contributed by atoms with Crippen molar-refractivity contribution in [2.24, 2.45) is 0 Å². The number of anilines is 1. The molecule has 0 atom stereocenters. The lowest BCUT2D eigenvalue weighted by atomic mass is 10.1. The molecular formula is C10H13NO2S. The van der Waals surface area contributed by atoms with Gasteiger partial charge < -0.3 is 4.90 Å². The van der Waals surface area contributed by atoms with E-state index in [1.807, 2.05) is 12.3 Å². The molecule has 0 N–H and O–H groups in total. The van der Waals surface area contributed by atoms with Crippen molar-refractivity contribution in [3.8, 4) is 0 Å². The highest BCUT2D eigenvalue weighted by molar-refractivity contribution is 7.14. The fourth-order valence-corrected chi connectivity index (χ4v) is 2.04. The standard InChI is InChI=1S/C10H13NO2S/c1-4-9(13)8-5-6-14-10(8)11(3)7(2)12/h5-6H,4H2,1-3H3. The van der Waals surface area contributed by atoms with Crippen molar-refractivity contribution in [1.82, 2.24) is 0 Å². The van der Waals surface area contributed by atoms with Gasteiger partial charge in [0.2, 0.25) is 5.91 Å². The van der Waals surface area contributed by atoms with Gasteiger partial charge in [-0.15, -0.1) is 11.3 Å². The van der Waals surface area contributed by atoms with Crippen LogP contribution in [0.2, 0.25) is 0 Å². The van der Waals surface area contributed by atoms with Gasteiger partial charge >= 0.3 is 0 Å². The lowest BCUT2D eigenvalue weighted by molar-refractivity contribution is -0.116. The number of carbonyl (C=O) groups excluding carboxylic acids is 2. The Morgan fingerprint density at radius 2 is 2.14 bits per heavy atom. The van der Waals surface area contributed by atoms with Gasteiger partial charge in [0, 0.05) is 20.4 Å². The highest BCUT2D eigenvalue weighted by atomic mass is 32.1. The van der Waals surface area contributed by atoms with Gasteiger partial charge in [-0.2, -0.15) is 0 Å². The zero-order chi connectivity index (χ0) is 10.7. The summed E-state index contributed by atoms with van der Waals surface area (Å²) in [5.74, 6) is 0.0203. The van der Waals surface area contributed by atoms with E-state index in [-0.39, 0.29) is 11.7 Å². The Hall–Kier alpha value is -1.16. The Kier molecular flexibility index (Phi) is 3.41. The third kappa shape index (κ3) is 2.01. The second kappa shape index (κ2) is 4.37. The number of rotatable bonds is 3. The maximum absolute atomic E-state index is 11.5. The number of hydrogen-bond acceptors (Lipinski definition) is 3.